The smallest absolute Gasteiger partial charge is 0.122 e. The van der Waals surface area contributed by atoms with E-state index in [2.05, 4.69) is 23.0 Å². The number of aryl methyl sites for hydroxylation is 2. The van der Waals surface area contributed by atoms with E-state index < -0.39 is 0 Å². The molecule has 0 fully saturated rings. The molecule has 0 bridgehead atoms. The van der Waals surface area contributed by atoms with Crippen LogP contribution in [0.1, 0.15) is 23.0 Å². The molecule has 2 aromatic rings. The number of hydrogen-bond acceptors (Lipinski definition) is 3. The van der Waals surface area contributed by atoms with Crippen molar-refractivity contribution in [1.29, 1.82) is 0 Å². The van der Waals surface area contributed by atoms with Gasteiger partial charge in [0.2, 0.25) is 0 Å². The minimum Gasteiger partial charge on any atom is -0.337 e. The highest BCUT2D eigenvalue weighted by molar-refractivity contribution is 6.31. The molecular weight excluding hydrogens is 272 g/mol. The summed E-state index contributed by atoms with van der Waals surface area (Å²) in [4.78, 5) is 6.55. The van der Waals surface area contributed by atoms with Crippen LogP contribution >= 0.6 is 11.6 Å². The lowest BCUT2D eigenvalue weighted by molar-refractivity contribution is 0.234. The van der Waals surface area contributed by atoms with Gasteiger partial charge in [-0.3, -0.25) is 4.90 Å². The van der Waals surface area contributed by atoms with Crippen molar-refractivity contribution in [2.75, 3.05) is 13.6 Å². The van der Waals surface area contributed by atoms with Crippen molar-refractivity contribution in [2.24, 2.45) is 12.8 Å². The molecule has 5 heteroatoms. The first-order valence-corrected chi connectivity index (χ1v) is 7.03. The second-order valence-corrected chi connectivity index (χ2v) is 5.54. The van der Waals surface area contributed by atoms with Crippen LogP contribution in [0.4, 0.5) is 0 Å². The zero-order chi connectivity index (χ0) is 14.7. The molecule has 0 aliphatic carbocycles. The number of nitrogens with two attached hydrogens (primary N) is 1. The second kappa shape index (κ2) is 6.39. The third-order valence-electron chi connectivity index (χ3n) is 3.65. The summed E-state index contributed by atoms with van der Waals surface area (Å²) in [5.41, 5.74) is 8.17. The Morgan fingerprint density at radius 3 is 2.75 bits per heavy atom. The van der Waals surface area contributed by atoms with Gasteiger partial charge in [0.05, 0.1) is 6.54 Å². The van der Waals surface area contributed by atoms with Gasteiger partial charge in [0.25, 0.3) is 0 Å². The Bertz CT molecular complexity index is 579. The van der Waals surface area contributed by atoms with Crippen molar-refractivity contribution in [3.63, 3.8) is 0 Å². The molecule has 1 atom stereocenters. The zero-order valence-corrected chi connectivity index (χ0v) is 12.9. The van der Waals surface area contributed by atoms with E-state index in [9.17, 15) is 0 Å². The fourth-order valence-electron chi connectivity index (χ4n) is 2.27. The van der Waals surface area contributed by atoms with E-state index >= 15 is 0 Å². The molecule has 0 aliphatic heterocycles. The van der Waals surface area contributed by atoms with Crippen LogP contribution in [-0.2, 0) is 13.6 Å². The Labute approximate surface area is 125 Å². The number of aromatic nitrogens is 2. The summed E-state index contributed by atoms with van der Waals surface area (Å²) in [6.45, 7) is 3.29. The van der Waals surface area contributed by atoms with Gasteiger partial charge in [0, 0.05) is 37.1 Å². The fraction of sp³-hybridized carbons (Fsp3) is 0.400. The van der Waals surface area contributed by atoms with Gasteiger partial charge in [-0.25, -0.2) is 4.98 Å². The van der Waals surface area contributed by atoms with Gasteiger partial charge in [0.1, 0.15) is 5.82 Å². The van der Waals surface area contributed by atoms with Gasteiger partial charge >= 0.3 is 0 Å². The Kier molecular flexibility index (Phi) is 4.81. The number of imidazole rings is 1. The van der Waals surface area contributed by atoms with E-state index in [0.29, 0.717) is 6.54 Å². The Morgan fingerprint density at radius 2 is 2.20 bits per heavy atom. The highest BCUT2D eigenvalue weighted by Crippen LogP contribution is 2.25. The third-order valence-corrected chi connectivity index (χ3v) is 4.05. The Morgan fingerprint density at radius 1 is 1.45 bits per heavy atom. The van der Waals surface area contributed by atoms with Crippen LogP contribution in [0, 0.1) is 6.92 Å². The number of benzene rings is 1. The number of likely N-dealkylation sites (N-methyl/N-ethyl adjacent to an activating group) is 1. The predicted octanol–water partition coefficient (Wildman–Crippen LogP) is 2.51. The summed E-state index contributed by atoms with van der Waals surface area (Å²) in [5, 5.41) is 0.784. The molecule has 20 heavy (non-hydrogen) atoms. The number of halogens is 1. The topological polar surface area (TPSA) is 47.1 Å². The van der Waals surface area contributed by atoms with Gasteiger partial charge in [-0.1, -0.05) is 23.7 Å². The first-order chi connectivity index (χ1) is 9.52. The summed E-state index contributed by atoms with van der Waals surface area (Å²) in [6.07, 6.45) is 3.76. The van der Waals surface area contributed by atoms with Crippen LogP contribution in [0.15, 0.2) is 30.6 Å². The molecule has 108 valence electrons. The number of nitrogens with zero attached hydrogens (tertiary/aromatic N) is 3. The van der Waals surface area contributed by atoms with Gasteiger partial charge in [0.15, 0.2) is 0 Å². The summed E-state index contributed by atoms with van der Waals surface area (Å²) in [5.74, 6) is 1.02. The maximum atomic E-state index is 6.21. The van der Waals surface area contributed by atoms with Gasteiger partial charge in [-0.2, -0.15) is 0 Å². The highest BCUT2D eigenvalue weighted by atomic mass is 35.5. The molecule has 0 saturated carbocycles. The zero-order valence-electron chi connectivity index (χ0n) is 12.2. The molecule has 1 heterocycles. The second-order valence-electron chi connectivity index (χ2n) is 5.13. The van der Waals surface area contributed by atoms with Crippen LogP contribution < -0.4 is 5.73 Å². The van der Waals surface area contributed by atoms with Crippen LogP contribution in [0.25, 0.3) is 0 Å². The molecule has 2 N–H and O–H groups in total. The first-order valence-electron chi connectivity index (χ1n) is 6.65. The highest BCUT2D eigenvalue weighted by Gasteiger charge is 2.17. The average molecular weight is 293 g/mol. The minimum atomic E-state index is 0.129. The van der Waals surface area contributed by atoms with Crippen LogP contribution in [-0.4, -0.2) is 28.0 Å². The monoisotopic (exact) mass is 292 g/mol. The molecule has 2 rings (SSSR count). The predicted molar refractivity (Wildman–Crippen MR) is 82.7 cm³/mol. The van der Waals surface area contributed by atoms with Gasteiger partial charge < -0.3 is 10.3 Å². The summed E-state index contributed by atoms with van der Waals surface area (Å²) < 4.78 is 2.02. The SMILES string of the molecule is Cc1ccc(C(CN)N(C)Cc2nccn2C)cc1Cl. The molecule has 1 aromatic heterocycles. The molecule has 1 aromatic carbocycles. The van der Waals surface area contributed by atoms with E-state index in [1.807, 2.05) is 43.1 Å². The number of rotatable bonds is 5. The van der Waals surface area contributed by atoms with Crippen molar-refractivity contribution in [3.05, 3.63) is 52.6 Å². The molecule has 0 saturated heterocycles. The van der Waals surface area contributed by atoms with E-state index in [4.69, 9.17) is 17.3 Å². The van der Waals surface area contributed by atoms with Crippen molar-refractivity contribution < 1.29 is 0 Å². The van der Waals surface area contributed by atoms with Crippen molar-refractivity contribution in [2.45, 2.75) is 19.5 Å². The van der Waals surface area contributed by atoms with Gasteiger partial charge in [-0.15, -0.1) is 0 Å². The maximum Gasteiger partial charge on any atom is 0.122 e. The van der Waals surface area contributed by atoms with Crippen LogP contribution in [0.3, 0.4) is 0 Å². The lowest BCUT2D eigenvalue weighted by Gasteiger charge is -2.27. The van der Waals surface area contributed by atoms with E-state index in [0.717, 1.165) is 28.5 Å². The molecule has 0 aliphatic rings. The molecule has 4 nitrogen and oxygen atoms in total. The first kappa shape index (κ1) is 15.0. The van der Waals surface area contributed by atoms with Crippen LogP contribution in [0.2, 0.25) is 5.02 Å². The normalized spacial score (nSPS) is 12.9. The van der Waals surface area contributed by atoms with E-state index in [1.54, 1.807) is 0 Å². The Balaban J connectivity index is 2.18. The average Bonchev–Trinajstić information content (AvgIpc) is 2.80. The number of hydrogen-bond donors (Lipinski definition) is 1. The van der Waals surface area contributed by atoms with E-state index in [-0.39, 0.29) is 6.04 Å². The molecular formula is C15H21ClN4. The fourth-order valence-corrected chi connectivity index (χ4v) is 2.46. The van der Waals surface area contributed by atoms with Crippen LogP contribution in [0.5, 0.6) is 0 Å². The lowest BCUT2D eigenvalue weighted by Crippen LogP contribution is -2.31. The maximum absolute atomic E-state index is 6.21. The lowest BCUT2D eigenvalue weighted by atomic mass is 10.0. The molecule has 1 unspecified atom stereocenters. The van der Waals surface area contributed by atoms with Crippen molar-refractivity contribution >= 4 is 11.6 Å². The van der Waals surface area contributed by atoms with Crippen molar-refractivity contribution in [3.8, 4) is 0 Å². The quantitative estimate of drug-likeness (QED) is 0.921. The van der Waals surface area contributed by atoms with E-state index in [1.165, 1.54) is 0 Å². The summed E-state index contributed by atoms with van der Waals surface area (Å²) in [7, 11) is 4.05. The standard InChI is InChI=1S/C15H21ClN4/c1-11-4-5-12(8-13(11)16)14(9-17)20(3)10-15-18-6-7-19(15)2/h4-8,14H,9-10,17H2,1-3H3. The minimum absolute atomic E-state index is 0.129. The summed E-state index contributed by atoms with van der Waals surface area (Å²) in [6, 6.07) is 6.26. The molecule has 0 amide bonds. The molecule has 0 radical (unpaired) electrons. The van der Waals surface area contributed by atoms with Gasteiger partial charge in [-0.05, 0) is 31.2 Å². The Hall–Kier alpha value is -1.36. The van der Waals surface area contributed by atoms with Crippen molar-refractivity contribution in [1.82, 2.24) is 14.5 Å². The summed E-state index contributed by atoms with van der Waals surface area (Å²) >= 11 is 6.21. The molecule has 0 spiro atoms. The largest absolute Gasteiger partial charge is 0.337 e. The third kappa shape index (κ3) is 3.20.